The van der Waals surface area contributed by atoms with E-state index in [0.29, 0.717) is 56.5 Å². The summed E-state index contributed by atoms with van der Waals surface area (Å²) in [5, 5.41) is 22.3. The van der Waals surface area contributed by atoms with E-state index >= 15 is 0 Å². The lowest BCUT2D eigenvalue weighted by Crippen LogP contribution is -2.57. The number of thiazole rings is 1. The lowest BCUT2D eigenvalue weighted by atomic mass is 9.85. The summed E-state index contributed by atoms with van der Waals surface area (Å²) in [4.78, 5) is 96.9. The Labute approximate surface area is 493 Å². The third kappa shape index (κ3) is 17.3. The molecule has 8 rings (SSSR count). The number of hydrogen-bond acceptors (Lipinski definition) is 13. The first-order valence-electron chi connectivity index (χ1n) is 29.1. The number of aromatic amines is 1. The van der Waals surface area contributed by atoms with E-state index in [9.17, 15) is 47.0 Å². The van der Waals surface area contributed by atoms with Crippen molar-refractivity contribution in [1.29, 1.82) is 0 Å². The fourth-order valence-corrected chi connectivity index (χ4v) is 11.9. The number of pyridine rings is 1. The monoisotopic (exact) mass is 1180 g/mol. The first-order chi connectivity index (χ1) is 40.1. The molecule has 2 aromatic heterocycles. The van der Waals surface area contributed by atoms with Crippen molar-refractivity contribution in [2.45, 2.75) is 117 Å². The molecule has 18 nitrogen and oxygen atoms in total. The fourth-order valence-electron chi connectivity index (χ4n) is 11.1. The number of amides is 5. The van der Waals surface area contributed by atoms with Crippen molar-refractivity contribution in [3.05, 3.63) is 123 Å². The number of benzene rings is 3. The normalized spacial score (nSPS) is 17.7. The SMILES string of the molecule is Cc1ncsc1-c1ccc(CNC(=O)[C@@H]2C[C@@H](O)CN2C(=O)[C@@H](NC(=O)CCCCCCCC(=O)NCCN2CCN(Cc3cccc(-c4ccc(N5CCN(C)CC5)c(NC(=O)c5c[nH]c(=O)cc5C(F)(F)F)c4)c3)CC2)C(C)(C)C)cc1. The highest BCUT2D eigenvalue weighted by Crippen LogP contribution is 2.36. The van der Waals surface area contributed by atoms with Crippen LogP contribution in [-0.4, -0.2) is 161 Å². The molecule has 5 aromatic rings. The summed E-state index contributed by atoms with van der Waals surface area (Å²) in [5.41, 5.74) is 4.94. The van der Waals surface area contributed by atoms with Crippen LogP contribution in [0.1, 0.15) is 105 Å². The van der Waals surface area contributed by atoms with Crippen LogP contribution in [0.15, 0.2) is 89.3 Å². The van der Waals surface area contributed by atoms with Crippen molar-refractivity contribution < 1.29 is 42.3 Å². The van der Waals surface area contributed by atoms with Gasteiger partial charge in [0.05, 0.1) is 44.7 Å². The molecule has 3 aliphatic rings. The second-order valence-corrected chi connectivity index (χ2v) is 24.3. The molecule has 3 saturated heterocycles. The number of aromatic nitrogens is 2. The zero-order valence-corrected chi connectivity index (χ0v) is 49.6. The van der Waals surface area contributed by atoms with Gasteiger partial charge in [0.15, 0.2) is 0 Å². The number of unbranched alkanes of at least 4 members (excludes halogenated alkanes) is 4. The summed E-state index contributed by atoms with van der Waals surface area (Å²) in [7, 11) is 2.02. The van der Waals surface area contributed by atoms with Gasteiger partial charge in [0.25, 0.3) is 5.91 Å². The lowest BCUT2D eigenvalue weighted by Gasteiger charge is -2.35. The Morgan fingerprint density at radius 1 is 0.786 bits per heavy atom. The van der Waals surface area contributed by atoms with Gasteiger partial charge in [-0.2, -0.15) is 13.2 Å². The number of likely N-dealkylation sites (N-methyl/N-ethyl adjacent to an activating group) is 1. The Kier molecular flexibility index (Phi) is 21.6. The molecular weight excluding hydrogens is 1100 g/mol. The number of hydrogen-bond donors (Lipinski definition) is 6. The van der Waals surface area contributed by atoms with E-state index in [0.717, 1.165) is 116 Å². The van der Waals surface area contributed by atoms with Crippen molar-refractivity contribution in [2.24, 2.45) is 5.41 Å². The molecule has 0 saturated carbocycles. The van der Waals surface area contributed by atoms with E-state index in [1.165, 1.54) is 4.90 Å². The number of anilines is 2. The molecule has 452 valence electrons. The Hall–Kier alpha value is -6.98. The molecule has 5 heterocycles. The van der Waals surface area contributed by atoms with Gasteiger partial charge in [0, 0.05) is 117 Å². The minimum atomic E-state index is -4.91. The summed E-state index contributed by atoms with van der Waals surface area (Å²) in [5.74, 6) is -1.98. The second kappa shape index (κ2) is 28.7. The average molecular weight is 1180 g/mol. The molecule has 3 aromatic carbocycles. The molecule has 3 atom stereocenters. The molecular formula is C62H80F3N11O7S. The maximum atomic E-state index is 14.1. The predicted molar refractivity (Wildman–Crippen MR) is 320 cm³/mol. The predicted octanol–water partition coefficient (Wildman–Crippen LogP) is 7.27. The molecule has 84 heavy (non-hydrogen) atoms. The van der Waals surface area contributed by atoms with Gasteiger partial charge in [-0.25, -0.2) is 4.98 Å². The number of nitrogens with zero attached hydrogens (tertiary/aromatic N) is 6. The first-order valence-corrected chi connectivity index (χ1v) is 30.0. The van der Waals surface area contributed by atoms with Crippen molar-refractivity contribution >= 4 is 52.2 Å². The van der Waals surface area contributed by atoms with E-state index in [4.69, 9.17) is 0 Å². The van der Waals surface area contributed by atoms with Crippen LogP contribution in [0.3, 0.4) is 0 Å². The number of likely N-dealkylation sites (tertiary alicyclic amines) is 1. The maximum absolute atomic E-state index is 14.1. The quantitative estimate of drug-likeness (QED) is 0.0356. The Morgan fingerprint density at radius 2 is 1.45 bits per heavy atom. The van der Waals surface area contributed by atoms with E-state index in [1.54, 1.807) is 17.4 Å². The fraction of sp³-hybridized carbons (Fsp3) is 0.500. The van der Waals surface area contributed by atoms with Crippen LogP contribution in [-0.2, 0) is 38.4 Å². The average Bonchev–Trinajstić information content (AvgIpc) is 2.37. The largest absolute Gasteiger partial charge is 0.417 e. The van der Waals surface area contributed by atoms with Gasteiger partial charge in [-0.3, -0.25) is 38.6 Å². The van der Waals surface area contributed by atoms with Gasteiger partial charge in [-0.05, 0) is 78.2 Å². The van der Waals surface area contributed by atoms with E-state index in [1.807, 2.05) is 88.8 Å². The van der Waals surface area contributed by atoms with E-state index < -0.39 is 58.3 Å². The summed E-state index contributed by atoms with van der Waals surface area (Å²) >= 11 is 1.57. The third-order valence-electron chi connectivity index (χ3n) is 16.0. The number of aryl methyl sites for hydroxylation is 1. The Morgan fingerprint density at radius 3 is 2.13 bits per heavy atom. The lowest BCUT2D eigenvalue weighted by molar-refractivity contribution is -0.144. The maximum Gasteiger partial charge on any atom is 0.417 e. The van der Waals surface area contributed by atoms with Gasteiger partial charge in [0.1, 0.15) is 12.1 Å². The summed E-state index contributed by atoms with van der Waals surface area (Å²) in [6.45, 7) is 16.1. The number of aliphatic hydroxyl groups excluding tert-OH is 1. The van der Waals surface area contributed by atoms with E-state index in [-0.39, 0.29) is 43.7 Å². The molecule has 5 amide bonds. The van der Waals surface area contributed by atoms with Crippen LogP contribution < -0.4 is 31.7 Å². The highest BCUT2D eigenvalue weighted by molar-refractivity contribution is 7.13. The Bertz CT molecular complexity index is 3130. The number of β-amino-alcohol motifs (C(OH)–C–C–N with tert-alkyl or cyclic N) is 1. The minimum Gasteiger partial charge on any atom is -0.391 e. The summed E-state index contributed by atoms with van der Waals surface area (Å²) in [6.07, 6.45) is -0.344. The van der Waals surface area contributed by atoms with Crippen LogP contribution in [0.2, 0.25) is 0 Å². The number of carbonyl (C=O) groups excluding carboxylic acids is 5. The third-order valence-corrected chi connectivity index (χ3v) is 16.9. The van der Waals surface area contributed by atoms with Gasteiger partial charge in [0.2, 0.25) is 29.2 Å². The zero-order chi connectivity index (χ0) is 60.1. The first kappa shape index (κ1) is 63.1. The van der Waals surface area contributed by atoms with Crippen molar-refractivity contribution in [2.75, 3.05) is 89.3 Å². The van der Waals surface area contributed by atoms with Crippen LogP contribution in [0.25, 0.3) is 21.6 Å². The number of nitrogens with one attached hydrogen (secondary N) is 5. The molecule has 0 bridgehead atoms. The zero-order valence-electron chi connectivity index (χ0n) is 48.8. The van der Waals surface area contributed by atoms with Crippen LogP contribution in [0.4, 0.5) is 24.5 Å². The summed E-state index contributed by atoms with van der Waals surface area (Å²) < 4.78 is 41.9. The van der Waals surface area contributed by atoms with Crippen LogP contribution >= 0.6 is 11.3 Å². The molecule has 0 radical (unpaired) electrons. The minimum absolute atomic E-state index is 0.000734. The smallest absolute Gasteiger partial charge is 0.391 e. The van der Waals surface area contributed by atoms with Crippen molar-refractivity contribution in [1.82, 2.24) is 45.5 Å². The number of piperazine rings is 2. The highest BCUT2D eigenvalue weighted by atomic mass is 32.1. The van der Waals surface area contributed by atoms with Crippen LogP contribution in [0.5, 0.6) is 0 Å². The molecule has 22 heteroatoms. The molecule has 0 aliphatic carbocycles. The second-order valence-electron chi connectivity index (χ2n) is 23.5. The van der Waals surface area contributed by atoms with Crippen LogP contribution in [0, 0.1) is 12.3 Å². The highest BCUT2D eigenvalue weighted by Gasteiger charge is 2.44. The number of carbonyl (C=O) groups is 5. The van der Waals surface area contributed by atoms with Gasteiger partial charge in [-0.15, -0.1) is 11.3 Å². The van der Waals surface area contributed by atoms with Crippen molar-refractivity contribution in [3.63, 3.8) is 0 Å². The van der Waals surface area contributed by atoms with Gasteiger partial charge < -0.3 is 46.1 Å². The molecule has 0 unspecified atom stereocenters. The number of alkyl halides is 3. The van der Waals surface area contributed by atoms with Gasteiger partial charge in [-0.1, -0.05) is 88.6 Å². The van der Waals surface area contributed by atoms with E-state index in [2.05, 4.69) is 63.0 Å². The Balaban J connectivity index is 0.713. The standard InChI is InChI=1S/C62H80F3N11O7S/c1-41-56(84-40-69-41)44-18-16-42(17-19-44)36-68-59(82)52-34-47(77)39-76(52)60(83)57(61(2,3)4)71-54(79)15-10-8-6-7-9-14-53(78)66-22-23-73-26-28-74(29-27-73)38-43-12-11-13-45(32-43)46-20-21-51(75-30-24-72(5)25-31-75)50(33-46)70-58(81)48-37-67-55(80)35-49(48)62(63,64)65/h11-13,16-21,32-33,35,37,40,47,52,57,77H,6-10,14-15,22-31,34,36,38-39H2,1-5H3,(H,66,78)(H,67,80)(H,68,82)(H,70,81)(H,71,79)/t47-,52+,57-/m1/s1. The van der Waals surface area contributed by atoms with Crippen molar-refractivity contribution in [3.8, 4) is 21.6 Å². The number of rotatable bonds is 23. The van der Waals surface area contributed by atoms with Gasteiger partial charge >= 0.3 is 6.18 Å². The number of aliphatic hydroxyl groups is 1. The molecule has 3 aliphatic heterocycles. The molecule has 3 fully saturated rings. The number of H-pyrrole nitrogens is 1. The topological polar surface area (TPSA) is 216 Å². The molecule has 0 spiro atoms. The number of halogens is 3. The summed E-state index contributed by atoms with van der Waals surface area (Å²) in [6, 6.07) is 20.2. The molecule has 6 N–H and O–H groups in total.